The summed E-state index contributed by atoms with van der Waals surface area (Å²) in [6.45, 7) is 12.0. The molecule has 12 nitrogen and oxygen atoms in total. The Morgan fingerprint density at radius 2 is 0.925 bits per heavy atom. The first-order valence-electron chi connectivity index (χ1n) is 17.4. The number of carboxylic acid groups (broad SMARTS) is 1. The molecule has 3 aromatic carbocycles. The molecule has 0 spiro atoms. The number of hydrogen-bond acceptors (Lipinski definition) is 11. The van der Waals surface area contributed by atoms with Gasteiger partial charge >= 0.3 is 29.8 Å². The average Bonchev–Trinajstić information content (AvgIpc) is 3.14. The lowest BCUT2D eigenvalue weighted by molar-refractivity contribution is -0.139. The van der Waals surface area contributed by atoms with E-state index in [1.54, 1.807) is 38.1 Å². The Bertz CT molecular complexity index is 1720. The number of benzene rings is 3. The number of esters is 4. The molecule has 0 radical (unpaired) electrons. The molecule has 0 fully saturated rings. The topological polar surface area (TPSA) is 161 Å². The van der Waals surface area contributed by atoms with Crippen LogP contribution in [0.1, 0.15) is 96.3 Å². The van der Waals surface area contributed by atoms with Crippen LogP contribution >= 0.6 is 0 Å². The van der Waals surface area contributed by atoms with Crippen molar-refractivity contribution in [2.75, 3.05) is 26.4 Å². The number of ether oxygens (including phenoxy) is 6. The molecule has 3 rings (SSSR count). The van der Waals surface area contributed by atoms with E-state index in [9.17, 15) is 29.1 Å². The van der Waals surface area contributed by atoms with Crippen LogP contribution < -0.4 is 18.9 Å². The zero-order chi connectivity index (χ0) is 38.6. The first-order chi connectivity index (χ1) is 25.4. The predicted octanol–water partition coefficient (Wildman–Crippen LogP) is 7.94. The normalized spacial score (nSPS) is 10.5. The Hall–Kier alpha value is -5.91. The number of unbranched alkanes of at least 4 members (excludes halogenated alkanes) is 6. The van der Waals surface area contributed by atoms with Crippen molar-refractivity contribution in [1.82, 2.24) is 0 Å². The van der Waals surface area contributed by atoms with Gasteiger partial charge in [-0.25, -0.2) is 24.0 Å². The summed E-state index contributed by atoms with van der Waals surface area (Å²) >= 11 is 0. The number of carboxylic acids is 1. The predicted molar refractivity (Wildman–Crippen MR) is 196 cm³/mol. The molecule has 3 aromatic rings. The largest absolute Gasteiger partial charge is 0.494 e. The molecule has 0 aliphatic rings. The average molecular weight is 731 g/mol. The van der Waals surface area contributed by atoms with Crippen LogP contribution in [0, 0.1) is 0 Å². The first kappa shape index (κ1) is 41.5. The second-order valence-electron chi connectivity index (χ2n) is 12.1. The summed E-state index contributed by atoms with van der Waals surface area (Å²) in [4.78, 5) is 60.3. The van der Waals surface area contributed by atoms with Gasteiger partial charge in [0, 0.05) is 11.1 Å². The summed E-state index contributed by atoms with van der Waals surface area (Å²) in [5.41, 5.74) is 0.792. The number of carbonyl (C=O) groups excluding carboxylic acids is 4. The molecule has 0 saturated carbocycles. The molecule has 0 aliphatic carbocycles. The fourth-order valence-corrected chi connectivity index (χ4v) is 4.60. The molecular formula is C41H46O12. The van der Waals surface area contributed by atoms with Crippen LogP contribution in [0.3, 0.4) is 0 Å². The van der Waals surface area contributed by atoms with Gasteiger partial charge < -0.3 is 33.5 Å². The van der Waals surface area contributed by atoms with Crippen molar-refractivity contribution in [3.8, 4) is 23.0 Å². The summed E-state index contributed by atoms with van der Waals surface area (Å²) in [6, 6.07) is 16.3. The van der Waals surface area contributed by atoms with Crippen molar-refractivity contribution in [1.29, 1.82) is 0 Å². The van der Waals surface area contributed by atoms with E-state index in [0.29, 0.717) is 49.1 Å². The molecule has 0 aromatic heterocycles. The van der Waals surface area contributed by atoms with Crippen LogP contribution in [0.2, 0.25) is 0 Å². The quantitative estimate of drug-likeness (QED) is 0.0435. The van der Waals surface area contributed by atoms with Gasteiger partial charge in [0.25, 0.3) is 0 Å². The van der Waals surface area contributed by atoms with Crippen LogP contribution in [0.4, 0.5) is 0 Å². The molecule has 282 valence electrons. The van der Waals surface area contributed by atoms with E-state index in [0.717, 1.165) is 57.4 Å². The highest BCUT2D eigenvalue weighted by Gasteiger charge is 2.19. The number of hydrogen-bond donors (Lipinski definition) is 1. The van der Waals surface area contributed by atoms with E-state index in [1.807, 2.05) is 0 Å². The van der Waals surface area contributed by atoms with Gasteiger partial charge in [-0.1, -0.05) is 13.2 Å². The summed E-state index contributed by atoms with van der Waals surface area (Å²) in [7, 11) is 0. The molecule has 0 bridgehead atoms. The lowest BCUT2D eigenvalue weighted by atomic mass is 10.1. The summed E-state index contributed by atoms with van der Waals surface area (Å²) < 4.78 is 32.3. The van der Waals surface area contributed by atoms with Gasteiger partial charge in [0.05, 0.1) is 37.6 Å². The van der Waals surface area contributed by atoms with Crippen molar-refractivity contribution < 1.29 is 57.5 Å². The molecule has 0 heterocycles. The van der Waals surface area contributed by atoms with E-state index in [1.165, 1.54) is 36.4 Å². The monoisotopic (exact) mass is 730 g/mol. The minimum Gasteiger partial charge on any atom is -0.494 e. The zero-order valence-electron chi connectivity index (χ0n) is 30.2. The van der Waals surface area contributed by atoms with E-state index in [-0.39, 0.29) is 40.1 Å². The maximum atomic E-state index is 12.8. The van der Waals surface area contributed by atoms with Crippen molar-refractivity contribution in [2.24, 2.45) is 0 Å². The van der Waals surface area contributed by atoms with E-state index >= 15 is 0 Å². The number of aromatic carboxylic acids is 1. The standard InChI is InChI=1S/C41H46O12/c1-28(2)38(44)50-25-11-7-5-9-23-48-32-17-13-30(14-18-32)40(46)52-34-21-22-36(35(27-34)37(42)43)53-41(47)31-15-19-33(20-16-31)49-24-10-6-8-12-26-51-39(45)29(3)4/h13-22,27H,1,3,5-12,23-26H2,2,4H3,(H,42,43). The Labute approximate surface area is 309 Å². The second kappa shape index (κ2) is 22.1. The lowest BCUT2D eigenvalue weighted by Crippen LogP contribution is -2.13. The van der Waals surface area contributed by atoms with Gasteiger partial charge in [-0.15, -0.1) is 0 Å². The van der Waals surface area contributed by atoms with Crippen LogP contribution in [0.15, 0.2) is 91.0 Å². The van der Waals surface area contributed by atoms with Crippen molar-refractivity contribution in [3.05, 3.63) is 108 Å². The van der Waals surface area contributed by atoms with E-state index < -0.39 is 17.9 Å². The van der Waals surface area contributed by atoms with Crippen molar-refractivity contribution in [2.45, 2.75) is 65.2 Å². The molecule has 0 atom stereocenters. The third-order valence-corrected chi connectivity index (χ3v) is 7.55. The maximum absolute atomic E-state index is 12.8. The van der Waals surface area contributed by atoms with Gasteiger partial charge in [-0.3, -0.25) is 0 Å². The Kier molecular flexibility index (Phi) is 17.3. The van der Waals surface area contributed by atoms with Crippen LogP contribution in [0.25, 0.3) is 0 Å². The Balaban J connectivity index is 1.41. The molecule has 0 unspecified atom stereocenters. The minimum atomic E-state index is -1.38. The van der Waals surface area contributed by atoms with E-state index in [2.05, 4.69) is 13.2 Å². The molecular weight excluding hydrogens is 684 g/mol. The highest BCUT2D eigenvalue weighted by Crippen LogP contribution is 2.27. The van der Waals surface area contributed by atoms with Gasteiger partial charge in [-0.05, 0) is 132 Å². The minimum absolute atomic E-state index is 0.0466. The summed E-state index contributed by atoms with van der Waals surface area (Å²) in [5, 5.41) is 9.77. The van der Waals surface area contributed by atoms with Crippen LogP contribution in [-0.4, -0.2) is 61.4 Å². The number of carbonyl (C=O) groups is 5. The van der Waals surface area contributed by atoms with Crippen molar-refractivity contribution >= 4 is 29.8 Å². The molecule has 0 aliphatic heterocycles. The van der Waals surface area contributed by atoms with Crippen LogP contribution in [-0.2, 0) is 19.1 Å². The lowest BCUT2D eigenvalue weighted by Gasteiger charge is -2.11. The van der Waals surface area contributed by atoms with Gasteiger partial charge in [0.1, 0.15) is 28.6 Å². The maximum Gasteiger partial charge on any atom is 0.343 e. The molecule has 1 N–H and O–H groups in total. The van der Waals surface area contributed by atoms with Crippen molar-refractivity contribution in [3.63, 3.8) is 0 Å². The zero-order valence-corrected chi connectivity index (χ0v) is 30.2. The summed E-state index contributed by atoms with van der Waals surface area (Å²) in [6.07, 6.45) is 6.67. The van der Waals surface area contributed by atoms with Gasteiger partial charge in [0.15, 0.2) is 0 Å². The molecule has 53 heavy (non-hydrogen) atoms. The summed E-state index contributed by atoms with van der Waals surface area (Å²) in [5.74, 6) is -2.78. The van der Waals surface area contributed by atoms with Gasteiger partial charge in [-0.2, -0.15) is 0 Å². The third-order valence-electron chi connectivity index (χ3n) is 7.55. The SMILES string of the molecule is C=C(C)C(=O)OCCCCCCOc1ccc(C(=O)Oc2ccc(OC(=O)c3ccc(OCCCCCCOC(=O)C(=C)C)cc3)c(C(=O)O)c2)cc1. The molecule has 0 saturated heterocycles. The smallest absolute Gasteiger partial charge is 0.343 e. The molecule has 12 heteroatoms. The van der Waals surface area contributed by atoms with Crippen LogP contribution in [0.5, 0.6) is 23.0 Å². The highest BCUT2D eigenvalue weighted by molar-refractivity contribution is 5.96. The molecule has 0 amide bonds. The van der Waals surface area contributed by atoms with E-state index in [4.69, 9.17) is 28.4 Å². The Morgan fingerprint density at radius 3 is 1.34 bits per heavy atom. The third kappa shape index (κ3) is 15.1. The van der Waals surface area contributed by atoms with Gasteiger partial charge in [0.2, 0.25) is 0 Å². The fourth-order valence-electron chi connectivity index (χ4n) is 4.60. The first-order valence-corrected chi connectivity index (χ1v) is 17.4. The Morgan fingerprint density at radius 1 is 0.528 bits per heavy atom. The number of rotatable bonds is 23. The highest BCUT2D eigenvalue weighted by atomic mass is 16.5. The second-order valence-corrected chi connectivity index (χ2v) is 12.1. The fraction of sp³-hybridized carbons (Fsp3) is 0.341.